The molecule has 7 heteroatoms. The van der Waals surface area contributed by atoms with Crippen molar-refractivity contribution in [1.82, 2.24) is 30.0 Å². The summed E-state index contributed by atoms with van der Waals surface area (Å²) in [5, 5.41) is 17.2. The Balaban J connectivity index is 1.78. The number of hydrogen-bond acceptors (Lipinski definition) is 5. The van der Waals surface area contributed by atoms with Crippen molar-refractivity contribution >= 4 is 33.7 Å². The lowest BCUT2D eigenvalue weighted by Gasteiger charge is -2.08. The fraction of sp³-hybridized carbons (Fsp3) is 0.0500. The van der Waals surface area contributed by atoms with Gasteiger partial charge in [-0.15, -0.1) is 10.2 Å². The Kier molecular flexibility index (Phi) is 3.50. The number of fused-ring (bicyclic) bond motifs is 2. The highest BCUT2D eigenvalue weighted by atomic mass is 15.6. The minimum atomic E-state index is 0.515. The summed E-state index contributed by atoms with van der Waals surface area (Å²) in [6, 6.07) is 23.5. The molecule has 0 spiro atoms. The summed E-state index contributed by atoms with van der Waals surface area (Å²) in [5.41, 5.74) is 5.26. The Hall–Kier alpha value is -3.87. The van der Waals surface area contributed by atoms with E-state index in [1.54, 1.807) is 9.36 Å². The van der Waals surface area contributed by atoms with Crippen LogP contribution >= 0.6 is 0 Å². The van der Waals surface area contributed by atoms with Crippen molar-refractivity contribution in [2.75, 3.05) is 0 Å². The second-order valence-corrected chi connectivity index (χ2v) is 6.23. The van der Waals surface area contributed by atoms with Gasteiger partial charge in [-0.1, -0.05) is 52.4 Å². The van der Waals surface area contributed by atoms with Crippen molar-refractivity contribution in [1.29, 1.82) is 0 Å². The SMILES string of the molecule is Cc1ccc(N=C(n2nnc3ccccc32)n2nnc3ccccc32)cc1. The highest BCUT2D eigenvalue weighted by Gasteiger charge is 2.16. The number of hydrogen-bond donors (Lipinski definition) is 0. The van der Waals surface area contributed by atoms with Crippen LogP contribution in [0, 0.1) is 6.92 Å². The molecule has 0 aliphatic carbocycles. The molecule has 0 amide bonds. The lowest BCUT2D eigenvalue weighted by molar-refractivity contribution is 0.773. The Bertz CT molecular complexity index is 1200. The molecular weight excluding hydrogens is 338 g/mol. The van der Waals surface area contributed by atoms with Crippen LogP contribution < -0.4 is 0 Å². The van der Waals surface area contributed by atoms with Crippen molar-refractivity contribution in [3.63, 3.8) is 0 Å². The third-order valence-corrected chi connectivity index (χ3v) is 4.35. The van der Waals surface area contributed by atoms with Gasteiger partial charge in [-0.3, -0.25) is 0 Å². The highest BCUT2D eigenvalue weighted by molar-refractivity contribution is 5.97. The van der Waals surface area contributed by atoms with Gasteiger partial charge in [0.05, 0.1) is 16.7 Å². The van der Waals surface area contributed by atoms with E-state index in [0.717, 1.165) is 27.8 Å². The van der Waals surface area contributed by atoms with E-state index in [1.165, 1.54) is 5.56 Å². The number of nitrogens with zero attached hydrogens (tertiary/aromatic N) is 7. The summed E-state index contributed by atoms with van der Waals surface area (Å²) in [6.45, 7) is 2.05. The van der Waals surface area contributed by atoms with Crippen molar-refractivity contribution in [2.24, 2.45) is 4.99 Å². The molecule has 0 unspecified atom stereocenters. The molecule has 2 aromatic heterocycles. The van der Waals surface area contributed by atoms with Crippen LogP contribution in [0.25, 0.3) is 22.1 Å². The van der Waals surface area contributed by atoms with Gasteiger partial charge in [-0.05, 0) is 43.3 Å². The van der Waals surface area contributed by atoms with Gasteiger partial charge in [-0.25, -0.2) is 4.99 Å². The smallest absolute Gasteiger partial charge is 0.212 e. The van der Waals surface area contributed by atoms with Gasteiger partial charge in [0.2, 0.25) is 0 Å². The Morgan fingerprint density at radius 3 is 1.78 bits per heavy atom. The molecule has 0 radical (unpaired) electrons. The molecule has 0 saturated carbocycles. The van der Waals surface area contributed by atoms with E-state index in [0.29, 0.717) is 5.96 Å². The van der Waals surface area contributed by atoms with Crippen LogP contribution in [0.5, 0.6) is 0 Å². The van der Waals surface area contributed by atoms with Gasteiger partial charge in [-0.2, -0.15) is 9.36 Å². The average molecular weight is 353 g/mol. The molecule has 0 atom stereocenters. The maximum absolute atomic E-state index is 4.82. The maximum atomic E-state index is 4.82. The number of benzene rings is 3. The second-order valence-electron chi connectivity index (χ2n) is 6.23. The summed E-state index contributed by atoms with van der Waals surface area (Å²) in [4.78, 5) is 4.82. The largest absolute Gasteiger partial charge is 0.256 e. The molecule has 0 aliphatic rings. The highest BCUT2D eigenvalue weighted by Crippen LogP contribution is 2.18. The average Bonchev–Trinajstić information content (AvgIpc) is 3.32. The number of para-hydroxylation sites is 2. The molecule has 0 saturated heterocycles. The zero-order chi connectivity index (χ0) is 18.2. The Morgan fingerprint density at radius 1 is 0.704 bits per heavy atom. The molecule has 0 bridgehead atoms. The summed E-state index contributed by atoms with van der Waals surface area (Å²) in [7, 11) is 0. The third-order valence-electron chi connectivity index (χ3n) is 4.35. The number of rotatable bonds is 1. The van der Waals surface area contributed by atoms with E-state index in [4.69, 9.17) is 4.99 Å². The van der Waals surface area contributed by atoms with Crippen molar-refractivity contribution < 1.29 is 0 Å². The summed E-state index contributed by atoms with van der Waals surface area (Å²) < 4.78 is 3.38. The van der Waals surface area contributed by atoms with Crippen LogP contribution in [-0.2, 0) is 0 Å². The monoisotopic (exact) mass is 353 g/mol. The van der Waals surface area contributed by atoms with Crippen LogP contribution in [0.4, 0.5) is 5.69 Å². The molecule has 2 heterocycles. The number of aryl methyl sites for hydroxylation is 1. The Morgan fingerprint density at radius 2 is 1.22 bits per heavy atom. The molecule has 0 fully saturated rings. The van der Waals surface area contributed by atoms with Gasteiger partial charge in [0.25, 0.3) is 5.96 Å². The second kappa shape index (κ2) is 6.14. The normalized spacial score (nSPS) is 11.1. The molecule has 5 aromatic rings. The standard InChI is InChI=1S/C20H15N7/c1-14-10-12-15(13-11-14)21-20(26-18-8-4-2-6-16(18)22-24-26)27-19-9-5-3-7-17(19)23-25-27/h2-13H,1H3. The summed E-state index contributed by atoms with van der Waals surface area (Å²) in [6.07, 6.45) is 0. The van der Waals surface area contributed by atoms with E-state index < -0.39 is 0 Å². The summed E-state index contributed by atoms with van der Waals surface area (Å²) in [5.74, 6) is 0.515. The van der Waals surface area contributed by atoms with Crippen LogP contribution in [-0.4, -0.2) is 35.9 Å². The first-order valence-corrected chi connectivity index (χ1v) is 8.56. The number of aliphatic imine (C=N–C) groups is 1. The van der Waals surface area contributed by atoms with Gasteiger partial charge in [0.1, 0.15) is 11.0 Å². The molecule has 0 N–H and O–H groups in total. The molecule has 27 heavy (non-hydrogen) atoms. The topological polar surface area (TPSA) is 73.8 Å². The van der Waals surface area contributed by atoms with Gasteiger partial charge in [0, 0.05) is 0 Å². The molecular formula is C20H15N7. The molecule has 7 nitrogen and oxygen atoms in total. The van der Waals surface area contributed by atoms with E-state index >= 15 is 0 Å². The minimum absolute atomic E-state index is 0.515. The molecule has 3 aromatic carbocycles. The van der Waals surface area contributed by atoms with Crippen molar-refractivity contribution in [2.45, 2.75) is 6.92 Å². The lowest BCUT2D eigenvalue weighted by Crippen LogP contribution is -2.24. The quantitative estimate of drug-likeness (QED) is 0.341. The molecule has 5 rings (SSSR count). The van der Waals surface area contributed by atoms with Gasteiger partial charge < -0.3 is 0 Å². The predicted molar refractivity (Wildman–Crippen MR) is 104 cm³/mol. The van der Waals surface area contributed by atoms with Crippen LogP contribution in [0.2, 0.25) is 0 Å². The lowest BCUT2D eigenvalue weighted by atomic mass is 10.2. The van der Waals surface area contributed by atoms with E-state index in [9.17, 15) is 0 Å². The minimum Gasteiger partial charge on any atom is -0.212 e. The van der Waals surface area contributed by atoms with Gasteiger partial charge >= 0.3 is 0 Å². The fourth-order valence-corrected chi connectivity index (χ4v) is 2.95. The molecule has 0 aliphatic heterocycles. The predicted octanol–water partition coefficient (Wildman–Crippen LogP) is 3.57. The fourth-order valence-electron chi connectivity index (χ4n) is 2.95. The zero-order valence-electron chi connectivity index (χ0n) is 14.6. The van der Waals surface area contributed by atoms with E-state index in [2.05, 4.69) is 20.6 Å². The number of aromatic nitrogens is 6. The third kappa shape index (κ3) is 2.65. The van der Waals surface area contributed by atoms with Crippen molar-refractivity contribution in [3.8, 4) is 0 Å². The van der Waals surface area contributed by atoms with Crippen LogP contribution in [0.3, 0.4) is 0 Å². The van der Waals surface area contributed by atoms with E-state index in [1.807, 2.05) is 79.7 Å². The van der Waals surface area contributed by atoms with E-state index in [-0.39, 0.29) is 0 Å². The van der Waals surface area contributed by atoms with Crippen LogP contribution in [0.1, 0.15) is 5.56 Å². The Labute approximate surface area is 154 Å². The first kappa shape index (κ1) is 15.4. The summed E-state index contributed by atoms with van der Waals surface area (Å²) >= 11 is 0. The first-order valence-electron chi connectivity index (χ1n) is 8.56. The maximum Gasteiger partial charge on any atom is 0.256 e. The van der Waals surface area contributed by atoms with Gasteiger partial charge in [0.15, 0.2) is 0 Å². The molecule has 130 valence electrons. The van der Waals surface area contributed by atoms with Crippen LogP contribution in [0.15, 0.2) is 77.8 Å². The van der Waals surface area contributed by atoms with Crippen molar-refractivity contribution in [3.05, 3.63) is 78.4 Å². The first-order chi connectivity index (χ1) is 13.3. The zero-order valence-corrected chi connectivity index (χ0v) is 14.6.